The number of halogens is 2. The zero-order valence-electron chi connectivity index (χ0n) is 17.3. The van der Waals surface area contributed by atoms with Crippen molar-refractivity contribution in [2.75, 3.05) is 32.8 Å². The van der Waals surface area contributed by atoms with Crippen LogP contribution >= 0.6 is 35.6 Å². The summed E-state index contributed by atoms with van der Waals surface area (Å²) in [6, 6.07) is 3.71. The Labute approximate surface area is 194 Å². The van der Waals surface area contributed by atoms with Gasteiger partial charge in [0, 0.05) is 19.6 Å². The highest BCUT2D eigenvalue weighted by Gasteiger charge is 2.17. The van der Waals surface area contributed by atoms with Gasteiger partial charge in [0.25, 0.3) is 0 Å². The third kappa shape index (κ3) is 9.16. The summed E-state index contributed by atoms with van der Waals surface area (Å²) in [5.41, 5.74) is 0.400. The highest BCUT2D eigenvalue weighted by Crippen LogP contribution is 2.38. The molecule has 0 saturated carbocycles. The summed E-state index contributed by atoms with van der Waals surface area (Å²) in [7, 11) is 0. The number of nitrogens with zero attached hydrogens (tertiary/aromatic N) is 1. The number of guanidine groups is 1. The van der Waals surface area contributed by atoms with Crippen LogP contribution in [0, 0.1) is 0 Å². The zero-order chi connectivity index (χ0) is 20.6. The highest BCUT2D eigenvalue weighted by molar-refractivity contribution is 14.0. The van der Waals surface area contributed by atoms with Crippen LogP contribution < -0.4 is 25.4 Å². The number of hydrogen-bond donors (Lipinski definition) is 3. The number of nitrogens with one attached hydrogen (secondary N) is 3. The lowest BCUT2D eigenvalue weighted by atomic mass is 10.2. The zero-order valence-corrected chi connectivity index (χ0v) is 20.4. The molecule has 0 unspecified atom stereocenters. The van der Waals surface area contributed by atoms with Crippen LogP contribution in [-0.2, 0) is 11.3 Å². The van der Waals surface area contributed by atoms with E-state index in [-0.39, 0.29) is 24.0 Å². The van der Waals surface area contributed by atoms with E-state index in [4.69, 9.17) is 25.8 Å². The second kappa shape index (κ2) is 12.2. The SMILES string of the molecule is CCNC(=NCc1cc(Cl)c2c(c1)OCCO2)NCCNC(=O)OC(C)(C)C.I. The second-order valence-corrected chi connectivity index (χ2v) is 7.56. The van der Waals surface area contributed by atoms with Crippen molar-refractivity contribution in [3.8, 4) is 11.5 Å². The predicted octanol–water partition coefficient (Wildman–Crippen LogP) is 3.31. The molecule has 0 bridgehead atoms. The van der Waals surface area contributed by atoms with Crippen molar-refractivity contribution in [2.45, 2.75) is 39.8 Å². The molecule has 1 heterocycles. The van der Waals surface area contributed by atoms with Gasteiger partial charge in [-0.1, -0.05) is 11.6 Å². The molecule has 1 aromatic carbocycles. The van der Waals surface area contributed by atoms with E-state index in [1.165, 1.54) is 0 Å². The van der Waals surface area contributed by atoms with Crippen LogP contribution in [0.1, 0.15) is 33.3 Å². The van der Waals surface area contributed by atoms with Crippen molar-refractivity contribution in [3.63, 3.8) is 0 Å². The molecular weight excluding hydrogens is 511 g/mol. The molecule has 1 aliphatic heterocycles. The Morgan fingerprint density at radius 3 is 2.55 bits per heavy atom. The fraction of sp³-hybridized carbons (Fsp3) is 0.579. The molecule has 0 atom stereocenters. The molecule has 2 rings (SSSR count). The lowest BCUT2D eigenvalue weighted by Gasteiger charge is -2.20. The van der Waals surface area contributed by atoms with Crippen LogP contribution in [0.2, 0.25) is 5.02 Å². The van der Waals surface area contributed by atoms with Crippen molar-refractivity contribution in [1.29, 1.82) is 0 Å². The fourth-order valence-electron chi connectivity index (χ4n) is 2.43. The number of carbonyl (C=O) groups is 1. The van der Waals surface area contributed by atoms with E-state index in [2.05, 4.69) is 20.9 Å². The Balaban J connectivity index is 0.00000420. The quantitative estimate of drug-likeness (QED) is 0.222. The molecule has 0 aromatic heterocycles. The summed E-state index contributed by atoms with van der Waals surface area (Å²) in [5, 5.41) is 9.54. The topological polar surface area (TPSA) is 93.2 Å². The number of ether oxygens (including phenoxy) is 3. The minimum absolute atomic E-state index is 0. The molecule has 0 fully saturated rings. The van der Waals surface area contributed by atoms with Crippen LogP contribution in [0.25, 0.3) is 0 Å². The van der Waals surface area contributed by atoms with Crippen molar-refractivity contribution in [1.82, 2.24) is 16.0 Å². The number of benzene rings is 1. The van der Waals surface area contributed by atoms with Crippen LogP contribution in [-0.4, -0.2) is 50.5 Å². The van der Waals surface area contributed by atoms with E-state index < -0.39 is 11.7 Å². The summed E-state index contributed by atoms with van der Waals surface area (Å²) in [5.74, 6) is 1.86. The average molecular weight is 541 g/mol. The monoisotopic (exact) mass is 540 g/mol. The van der Waals surface area contributed by atoms with E-state index in [1.807, 2.05) is 39.8 Å². The second-order valence-electron chi connectivity index (χ2n) is 7.15. The van der Waals surface area contributed by atoms with Gasteiger partial charge in [0.05, 0.1) is 11.6 Å². The lowest BCUT2D eigenvalue weighted by molar-refractivity contribution is 0.0529. The van der Waals surface area contributed by atoms with Crippen molar-refractivity contribution >= 4 is 47.6 Å². The Bertz CT molecular complexity index is 710. The molecule has 10 heteroatoms. The molecule has 164 valence electrons. The van der Waals surface area contributed by atoms with Gasteiger partial charge in [-0.2, -0.15) is 0 Å². The molecule has 29 heavy (non-hydrogen) atoms. The Morgan fingerprint density at radius 2 is 1.86 bits per heavy atom. The molecule has 8 nitrogen and oxygen atoms in total. The average Bonchev–Trinajstić information content (AvgIpc) is 2.61. The maximum absolute atomic E-state index is 11.6. The van der Waals surface area contributed by atoms with Gasteiger partial charge in [0.15, 0.2) is 17.5 Å². The summed E-state index contributed by atoms with van der Waals surface area (Å²) < 4.78 is 16.3. The van der Waals surface area contributed by atoms with Crippen molar-refractivity contribution < 1.29 is 19.0 Å². The standard InChI is InChI=1S/C19H29ClN4O4.HI/c1-5-21-17(22-6-7-23-18(25)28-19(2,3)4)24-12-13-10-14(20)16-15(11-13)26-8-9-27-16;/h10-11H,5-9,12H2,1-4H3,(H,23,25)(H2,21,22,24);1H. The molecule has 1 aliphatic rings. The molecule has 0 saturated heterocycles. The van der Waals surface area contributed by atoms with Gasteiger partial charge in [0.2, 0.25) is 0 Å². The first kappa shape index (κ1) is 25.4. The Kier molecular flexibility index (Phi) is 10.7. The normalized spacial score (nSPS) is 13.2. The van der Waals surface area contributed by atoms with Crippen LogP contribution in [0.5, 0.6) is 11.5 Å². The van der Waals surface area contributed by atoms with E-state index in [1.54, 1.807) is 0 Å². The van der Waals surface area contributed by atoms with Gasteiger partial charge in [-0.25, -0.2) is 9.79 Å². The minimum atomic E-state index is -0.515. The van der Waals surface area contributed by atoms with Crippen LogP contribution in [0.4, 0.5) is 4.79 Å². The largest absolute Gasteiger partial charge is 0.486 e. The third-order valence-corrected chi connectivity index (χ3v) is 3.79. The fourth-order valence-corrected chi connectivity index (χ4v) is 2.72. The van der Waals surface area contributed by atoms with Crippen LogP contribution in [0.15, 0.2) is 17.1 Å². The predicted molar refractivity (Wildman–Crippen MR) is 125 cm³/mol. The van der Waals surface area contributed by atoms with Gasteiger partial charge in [-0.05, 0) is 45.4 Å². The summed E-state index contributed by atoms with van der Waals surface area (Å²) in [6.45, 7) is 10.5. The van der Waals surface area contributed by atoms with Crippen molar-refractivity contribution in [2.24, 2.45) is 4.99 Å². The number of amides is 1. The first-order valence-corrected chi connectivity index (χ1v) is 9.73. The lowest BCUT2D eigenvalue weighted by Crippen LogP contribution is -2.42. The molecule has 1 amide bonds. The molecule has 3 N–H and O–H groups in total. The Hall–Kier alpha value is -1.62. The van der Waals surface area contributed by atoms with E-state index >= 15 is 0 Å². The number of fused-ring (bicyclic) bond motifs is 1. The first-order chi connectivity index (χ1) is 13.3. The number of alkyl carbamates (subject to hydrolysis) is 1. The number of aliphatic imine (C=N–C) groups is 1. The number of carbonyl (C=O) groups excluding carboxylic acids is 1. The maximum Gasteiger partial charge on any atom is 0.407 e. The Morgan fingerprint density at radius 1 is 1.17 bits per heavy atom. The van der Waals surface area contributed by atoms with Gasteiger partial charge in [-0.3, -0.25) is 0 Å². The molecule has 0 spiro atoms. The van der Waals surface area contributed by atoms with E-state index in [0.29, 0.717) is 61.9 Å². The first-order valence-electron chi connectivity index (χ1n) is 9.35. The smallest absolute Gasteiger partial charge is 0.407 e. The van der Waals surface area contributed by atoms with Gasteiger partial charge < -0.3 is 30.2 Å². The summed E-state index contributed by atoms with van der Waals surface area (Å²) in [4.78, 5) is 16.2. The highest BCUT2D eigenvalue weighted by atomic mass is 127. The minimum Gasteiger partial charge on any atom is -0.486 e. The molecular formula is C19H30ClIN4O4. The number of rotatable bonds is 6. The molecule has 0 aliphatic carbocycles. The van der Waals surface area contributed by atoms with E-state index in [0.717, 1.165) is 5.56 Å². The third-order valence-electron chi connectivity index (χ3n) is 3.51. The number of hydrogen-bond acceptors (Lipinski definition) is 5. The molecule has 1 aromatic rings. The van der Waals surface area contributed by atoms with Gasteiger partial charge >= 0.3 is 6.09 Å². The maximum atomic E-state index is 11.6. The van der Waals surface area contributed by atoms with Crippen molar-refractivity contribution in [3.05, 3.63) is 22.7 Å². The van der Waals surface area contributed by atoms with E-state index in [9.17, 15) is 4.79 Å². The summed E-state index contributed by atoms with van der Waals surface area (Å²) >= 11 is 6.26. The van der Waals surface area contributed by atoms with Crippen LogP contribution in [0.3, 0.4) is 0 Å². The summed E-state index contributed by atoms with van der Waals surface area (Å²) in [6.07, 6.45) is -0.442. The van der Waals surface area contributed by atoms with Gasteiger partial charge in [-0.15, -0.1) is 24.0 Å². The molecule has 0 radical (unpaired) electrons. The van der Waals surface area contributed by atoms with Gasteiger partial charge in [0.1, 0.15) is 18.8 Å².